The van der Waals surface area contributed by atoms with E-state index in [4.69, 9.17) is 18.6 Å². The zero-order valence-corrected chi connectivity index (χ0v) is 17.2. The third-order valence-corrected chi connectivity index (χ3v) is 4.33. The Bertz CT molecular complexity index is 1010. The predicted molar refractivity (Wildman–Crippen MR) is 113 cm³/mol. The van der Waals surface area contributed by atoms with E-state index in [1.54, 1.807) is 33.3 Å². The zero-order chi connectivity index (χ0) is 21.3. The van der Waals surface area contributed by atoms with Gasteiger partial charge in [0.25, 0.3) is 0 Å². The highest BCUT2D eigenvalue weighted by Gasteiger charge is 2.12. The van der Waals surface area contributed by atoms with Gasteiger partial charge in [-0.05, 0) is 55.0 Å². The number of para-hydroxylation sites is 1. The number of nitrogens with zero attached hydrogens (tertiary/aromatic N) is 1. The van der Waals surface area contributed by atoms with E-state index in [1.807, 2.05) is 48.5 Å². The molecule has 0 unspecified atom stereocenters. The van der Waals surface area contributed by atoms with Crippen molar-refractivity contribution >= 4 is 11.6 Å². The fraction of sp³-hybridized carbons (Fsp3) is 0.217. The van der Waals surface area contributed by atoms with Gasteiger partial charge >= 0.3 is 5.91 Å². The standard InChI is InChI=1S/C23H24N2O5/c1-16(17-9-11-21(28-3)18(13-17)14-27-2)24-25-23(26)22-12-10-20(30-22)15-29-19-7-5-4-6-8-19/h4-13H,14-15H2,1-3H3,(H,25,26)/b24-16-. The number of nitrogens with one attached hydrogen (secondary N) is 1. The summed E-state index contributed by atoms with van der Waals surface area (Å²) in [6.07, 6.45) is 0. The first-order valence-corrected chi connectivity index (χ1v) is 9.38. The molecular formula is C23H24N2O5. The predicted octanol–water partition coefficient (Wildman–Crippen LogP) is 4.17. The molecule has 1 heterocycles. The smallest absolute Gasteiger partial charge is 0.307 e. The van der Waals surface area contributed by atoms with Crippen molar-refractivity contribution in [1.82, 2.24) is 5.43 Å². The van der Waals surface area contributed by atoms with Gasteiger partial charge in [-0.3, -0.25) is 4.79 Å². The Hall–Kier alpha value is -3.58. The van der Waals surface area contributed by atoms with Crippen molar-refractivity contribution in [3.05, 3.63) is 83.3 Å². The summed E-state index contributed by atoms with van der Waals surface area (Å²) in [6.45, 7) is 2.45. The van der Waals surface area contributed by atoms with Crippen molar-refractivity contribution in [2.75, 3.05) is 14.2 Å². The van der Waals surface area contributed by atoms with Crippen LogP contribution in [0.1, 0.15) is 34.4 Å². The van der Waals surface area contributed by atoms with Gasteiger partial charge in [0.15, 0.2) is 5.76 Å². The minimum Gasteiger partial charge on any atom is -0.496 e. The molecule has 3 aromatic rings. The molecule has 1 aromatic heterocycles. The summed E-state index contributed by atoms with van der Waals surface area (Å²) >= 11 is 0. The van der Waals surface area contributed by atoms with Crippen LogP contribution in [0.2, 0.25) is 0 Å². The molecule has 7 heteroatoms. The average molecular weight is 408 g/mol. The van der Waals surface area contributed by atoms with Crippen LogP contribution in [-0.4, -0.2) is 25.8 Å². The molecule has 2 aromatic carbocycles. The number of hydrogen-bond acceptors (Lipinski definition) is 6. The molecule has 0 bridgehead atoms. The lowest BCUT2D eigenvalue weighted by Crippen LogP contribution is -2.18. The van der Waals surface area contributed by atoms with Crippen LogP contribution in [0.15, 0.2) is 70.2 Å². The molecule has 0 saturated heterocycles. The highest BCUT2D eigenvalue weighted by molar-refractivity contribution is 6.00. The lowest BCUT2D eigenvalue weighted by Gasteiger charge is -2.10. The molecule has 1 N–H and O–H groups in total. The summed E-state index contributed by atoms with van der Waals surface area (Å²) in [4.78, 5) is 12.3. The summed E-state index contributed by atoms with van der Waals surface area (Å²) in [5, 5.41) is 4.17. The number of hydrazone groups is 1. The minimum absolute atomic E-state index is 0.160. The van der Waals surface area contributed by atoms with Gasteiger partial charge in [-0.2, -0.15) is 5.10 Å². The fourth-order valence-corrected chi connectivity index (χ4v) is 2.77. The van der Waals surface area contributed by atoms with E-state index < -0.39 is 5.91 Å². The van der Waals surface area contributed by atoms with Gasteiger partial charge in [0.05, 0.1) is 19.4 Å². The van der Waals surface area contributed by atoms with E-state index in [0.29, 0.717) is 18.1 Å². The number of carbonyl (C=O) groups is 1. The third kappa shape index (κ3) is 5.48. The Morgan fingerprint density at radius 2 is 1.83 bits per heavy atom. The van der Waals surface area contributed by atoms with Crippen molar-refractivity contribution in [3.63, 3.8) is 0 Å². The third-order valence-electron chi connectivity index (χ3n) is 4.33. The molecule has 0 saturated carbocycles. The van der Waals surface area contributed by atoms with Crippen LogP contribution >= 0.6 is 0 Å². The first kappa shape index (κ1) is 21.1. The van der Waals surface area contributed by atoms with Crippen LogP contribution in [0.3, 0.4) is 0 Å². The quantitative estimate of drug-likeness (QED) is 0.425. The maximum atomic E-state index is 12.3. The molecule has 7 nitrogen and oxygen atoms in total. The summed E-state index contributed by atoms with van der Waals surface area (Å²) in [5.74, 6) is 1.73. The fourth-order valence-electron chi connectivity index (χ4n) is 2.77. The van der Waals surface area contributed by atoms with Crippen molar-refractivity contribution in [2.24, 2.45) is 5.10 Å². The van der Waals surface area contributed by atoms with E-state index in [0.717, 1.165) is 22.6 Å². The second-order valence-electron chi connectivity index (χ2n) is 6.47. The largest absolute Gasteiger partial charge is 0.496 e. The molecule has 0 aliphatic heterocycles. The van der Waals surface area contributed by atoms with Gasteiger partial charge in [0, 0.05) is 12.7 Å². The maximum absolute atomic E-state index is 12.3. The lowest BCUT2D eigenvalue weighted by atomic mass is 10.1. The molecular weight excluding hydrogens is 384 g/mol. The van der Waals surface area contributed by atoms with E-state index in [9.17, 15) is 4.79 Å². The molecule has 0 aliphatic carbocycles. The molecule has 3 rings (SSSR count). The Morgan fingerprint density at radius 1 is 1.03 bits per heavy atom. The highest BCUT2D eigenvalue weighted by Crippen LogP contribution is 2.21. The summed E-state index contributed by atoms with van der Waals surface area (Å²) < 4.78 is 21.7. The molecule has 156 valence electrons. The number of amides is 1. The van der Waals surface area contributed by atoms with Gasteiger partial charge in [0.1, 0.15) is 23.9 Å². The Labute approximate surface area is 175 Å². The number of rotatable bonds is 9. The second kappa shape index (κ2) is 10.3. The normalized spacial score (nSPS) is 11.2. The molecule has 30 heavy (non-hydrogen) atoms. The Morgan fingerprint density at radius 3 is 2.57 bits per heavy atom. The molecule has 0 atom stereocenters. The van der Waals surface area contributed by atoms with Gasteiger partial charge in [-0.25, -0.2) is 5.43 Å². The molecule has 0 aliphatic rings. The van der Waals surface area contributed by atoms with E-state index in [-0.39, 0.29) is 12.4 Å². The number of hydrogen-bond donors (Lipinski definition) is 1. The average Bonchev–Trinajstić information content (AvgIpc) is 3.26. The lowest BCUT2D eigenvalue weighted by molar-refractivity contribution is 0.0923. The number of ether oxygens (including phenoxy) is 3. The SMILES string of the molecule is COCc1cc(/C(C)=N\NC(=O)c2ccc(COc3ccccc3)o2)ccc1OC. The van der Waals surface area contributed by atoms with Crippen LogP contribution in [0.4, 0.5) is 0 Å². The molecule has 0 spiro atoms. The monoisotopic (exact) mass is 408 g/mol. The zero-order valence-electron chi connectivity index (χ0n) is 17.2. The van der Waals surface area contributed by atoms with Crippen molar-refractivity contribution in [2.45, 2.75) is 20.1 Å². The van der Waals surface area contributed by atoms with Gasteiger partial charge in [0.2, 0.25) is 0 Å². The molecule has 1 amide bonds. The first-order chi connectivity index (χ1) is 14.6. The number of carbonyl (C=O) groups excluding carboxylic acids is 1. The molecule has 0 radical (unpaired) electrons. The Balaban J connectivity index is 1.61. The topological polar surface area (TPSA) is 82.3 Å². The van der Waals surface area contributed by atoms with Crippen molar-refractivity contribution in [1.29, 1.82) is 0 Å². The maximum Gasteiger partial charge on any atom is 0.307 e. The second-order valence-corrected chi connectivity index (χ2v) is 6.47. The first-order valence-electron chi connectivity index (χ1n) is 9.38. The van der Waals surface area contributed by atoms with Crippen LogP contribution < -0.4 is 14.9 Å². The van der Waals surface area contributed by atoms with Crippen LogP contribution in [0.5, 0.6) is 11.5 Å². The highest BCUT2D eigenvalue weighted by atomic mass is 16.5. The summed E-state index contributed by atoms with van der Waals surface area (Å²) in [6, 6.07) is 18.3. The Kier molecular flexibility index (Phi) is 7.24. The summed E-state index contributed by atoms with van der Waals surface area (Å²) in [5.41, 5.74) is 4.90. The number of methoxy groups -OCH3 is 2. The van der Waals surface area contributed by atoms with E-state index in [2.05, 4.69) is 10.5 Å². The minimum atomic E-state index is -0.439. The van der Waals surface area contributed by atoms with Crippen molar-refractivity contribution in [3.8, 4) is 11.5 Å². The van der Waals surface area contributed by atoms with Crippen LogP contribution in [0, 0.1) is 0 Å². The van der Waals surface area contributed by atoms with Crippen LogP contribution in [-0.2, 0) is 18.0 Å². The number of benzene rings is 2. The molecule has 0 fully saturated rings. The summed E-state index contributed by atoms with van der Waals surface area (Å²) in [7, 11) is 3.23. The van der Waals surface area contributed by atoms with Gasteiger partial charge in [-0.15, -0.1) is 0 Å². The van der Waals surface area contributed by atoms with E-state index >= 15 is 0 Å². The van der Waals surface area contributed by atoms with Crippen molar-refractivity contribution < 1.29 is 23.4 Å². The van der Waals surface area contributed by atoms with E-state index in [1.165, 1.54) is 0 Å². The number of furan rings is 1. The van der Waals surface area contributed by atoms with Gasteiger partial charge in [-0.1, -0.05) is 18.2 Å². The van der Waals surface area contributed by atoms with Gasteiger partial charge < -0.3 is 18.6 Å². The van der Waals surface area contributed by atoms with Crippen LogP contribution in [0.25, 0.3) is 0 Å².